The van der Waals surface area contributed by atoms with Gasteiger partial charge in [-0.1, -0.05) is 41.9 Å². The number of carbonyl (C=O) groups excluding carboxylic acids is 1. The molecule has 35 heavy (non-hydrogen) atoms. The van der Waals surface area contributed by atoms with Crippen LogP contribution in [-0.4, -0.2) is 15.3 Å². The molecule has 0 saturated carbocycles. The lowest BCUT2D eigenvalue weighted by molar-refractivity contribution is -0.112. The molecule has 0 aliphatic rings. The van der Waals surface area contributed by atoms with Gasteiger partial charge in [-0.3, -0.25) is 14.3 Å². The van der Waals surface area contributed by atoms with E-state index < -0.39 is 5.91 Å². The zero-order valence-electron chi connectivity index (χ0n) is 19.0. The summed E-state index contributed by atoms with van der Waals surface area (Å²) in [6.45, 7) is 1.73. The van der Waals surface area contributed by atoms with E-state index in [0.29, 0.717) is 33.5 Å². The first-order valence-corrected chi connectivity index (χ1v) is 11.1. The largest absolute Gasteiger partial charge is 0.457 e. The van der Waals surface area contributed by atoms with Crippen molar-refractivity contribution < 1.29 is 9.53 Å². The lowest BCUT2D eigenvalue weighted by atomic mass is 10.1. The summed E-state index contributed by atoms with van der Waals surface area (Å²) in [5.41, 5.74) is 1.39. The molecule has 3 aromatic carbocycles. The van der Waals surface area contributed by atoms with Gasteiger partial charge in [0.05, 0.1) is 11.4 Å². The van der Waals surface area contributed by atoms with E-state index in [1.807, 2.05) is 24.3 Å². The molecule has 0 spiro atoms. The monoisotopic (exact) mass is 484 g/mol. The quantitative estimate of drug-likeness (QED) is 0.290. The Hall–Kier alpha value is -4.54. The van der Waals surface area contributed by atoms with Crippen LogP contribution in [-0.2, 0) is 11.8 Å². The van der Waals surface area contributed by atoms with Crippen molar-refractivity contribution in [1.29, 1.82) is 5.26 Å². The minimum absolute atomic E-state index is 0.113. The number of amides is 1. The molecule has 0 unspecified atom stereocenters. The number of aromatic nitrogens is 2. The van der Waals surface area contributed by atoms with Crippen molar-refractivity contribution in [2.24, 2.45) is 7.05 Å². The first-order valence-electron chi connectivity index (χ1n) is 10.7. The second-order valence-corrected chi connectivity index (χ2v) is 8.13. The summed E-state index contributed by atoms with van der Waals surface area (Å²) < 4.78 is 8.93. The molecule has 4 rings (SSSR count). The Balaban J connectivity index is 1.58. The maximum Gasteiger partial charge on any atom is 0.295 e. The van der Waals surface area contributed by atoms with Crippen LogP contribution in [0.25, 0.3) is 11.8 Å². The number of hydrogen-bond donors (Lipinski definition) is 1. The Morgan fingerprint density at radius 2 is 1.74 bits per heavy atom. The Bertz CT molecular complexity index is 1510. The van der Waals surface area contributed by atoms with E-state index in [1.165, 1.54) is 10.8 Å². The molecule has 7 nitrogen and oxygen atoms in total. The van der Waals surface area contributed by atoms with Crippen LogP contribution >= 0.6 is 11.6 Å². The van der Waals surface area contributed by atoms with Gasteiger partial charge in [-0.25, -0.2) is 4.68 Å². The predicted molar refractivity (Wildman–Crippen MR) is 136 cm³/mol. The average Bonchev–Trinajstić information content (AvgIpc) is 3.07. The van der Waals surface area contributed by atoms with Gasteiger partial charge in [0.25, 0.3) is 11.5 Å². The highest BCUT2D eigenvalue weighted by Gasteiger charge is 2.20. The van der Waals surface area contributed by atoms with Gasteiger partial charge >= 0.3 is 0 Å². The topological polar surface area (TPSA) is 89.1 Å². The summed E-state index contributed by atoms with van der Waals surface area (Å²) in [6.07, 6.45) is 1.44. The van der Waals surface area contributed by atoms with E-state index in [2.05, 4.69) is 5.32 Å². The molecule has 1 amide bonds. The number of benzene rings is 3. The maximum absolute atomic E-state index is 13.1. The van der Waals surface area contributed by atoms with Crippen LogP contribution in [0.15, 0.2) is 89.2 Å². The molecule has 1 aromatic heterocycles. The van der Waals surface area contributed by atoms with Gasteiger partial charge in [0, 0.05) is 12.1 Å². The standard InChI is InChI=1S/C27H21ClN4O3/c1-18-25(27(34)32(31(18)2)22-8-4-3-5-9-22)30-26(33)20(17-29)15-19-7-6-10-24(16-19)35-23-13-11-21(28)12-14-23/h3-16H,1-2H3,(H,30,33)/b20-15+. The zero-order chi connectivity index (χ0) is 24.9. The molecular formula is C27H21ClN4O3. The van der Waals surface area contributed by atoms with E-state index in [0.717, 1.165) is 0 Å². The Morgan fingerprint density at radius 3 is 2.43 bits per heavy atom. The van der Waals surface area contributed by atoms with Crippen molar-refractivity contribution in [3.63, 3.8) is 0 Å². The number of para-hydroxylation sites is 1. The van der Waals surface area contributed by atoms with E-state index in [4.69, 9.17) is 16.3 Å². The third-order valence-electron chi connectivity index (χ3n) is 5.38. The third-order valence-corrected chi connectivity index (χ3v) is 5.63. The van der Waals surface area contributed by atoms with Crippen molar-refractivity contribution >= 4 is 29.3 Å². The van der Waals surface area contributed by atoms with Crippen molar-refractivity contribution in [2.45, 2.75) is 6.92 Å². The number of nitriles is 1. The molecule has 8 heteroatoms. The van der Waals surface area contributed by atoms with Crippen LogP contribution in [0, 0.1) is 18.3 Å². The Labute approximate surface area is 207 Å². The zero-order valence-corrected chi connectivity index (χ0v) is 19.8. The van der Waals surface area contributed by atoms with E-state index in [1.54, 1.807) is 79.3 Å². The molecule has 174 valence electrons. The van der Waals surface area contributed by atoms with E-state index in [9.17, 15) is 14.9 Å². The number of nitrogens with zero attached hydrogens (tertiary/aromatic N) is 3. The molecule has 0 bridgehead atoms. The van der Waals surface area contributed by atoms with Gasteiger partial charge in [-0.15, -0.1) is 0 Å². The van der Waals surface area contributed by atoms with Crippen LogP contribution < -0.4 is 15.6 Å². The Morgan fingerprint density at radius 1 is 1.03 bits per heavy atom. The number of anilines is 1. The van der Waals surface area contributed by atoms with E-state index >= 15 is 0 Å². The lowest BCUT2D eigenvalue weighted by Gasteiger charge is -2.07. The summed E-state index contributed by atoms with van der Waals surface area (Å²) >= 11 is 5.91. The molecule has 0 atom stereocenters. The number of ether oxygens (including phenoxy) is 1. The van der Waals surface area contributed by atoms with Gasteiger partial charge in [-0.05, 0) is 67.1 Å². The number of carbonyl (C=O) groups is 1. The van der Waals surface area contributed by atoms with Gasteiger partial charge < -0.3 is 10.1 Å². The molecule has 0 aliphatic heterocycles. The fourth-order valence-electron chi connectivity index (χ4n) is 3.51. The van der Waals surface area contributed by atoms with Crippen molar-refractivity contribution in [1.82, 2.24) is 9.36 Å². The van der Waals surface area contributed by atoms with Crippen LogP contribution in [0.5, 0.6) is 11.5 Å². The lowest BCUT2D eigenvalue weighted by Crippen LogP contribution is -2.23. The molecule has 0 radical (unpaired) electrons. The smallest absolute Gasteiger partial charge is 0.295 e. The second-order valence-electron chi connectivity index (χ2n) is 7.69. The molecule has 4 aromatic rings. The van der Waals surface area contributed by atoms with Crippen LogP contribution in [0.3, 0.4) is 0 Å². The summed E-state index contributed by atoms with van der Waals surface area (Å²) in [5.74, 6) is 0.453. The summed E-state index contributed by atoms with van der Waals surface area (Å²) in [7, 11) is 1.73. The molecule has 1 N–H and O–H groups in total. The van der Waals surface area contributed by atoms with Crippen molar-refractivity contribution in [2.75, 3.05) is 5.32 Å². The molecular weight excluding hydrogens is 464 g/mol. The average molecular weight is 485 g/mol. The van der Waals surface area contributed by atoms with Gasteiger partial charge in [-0.2, -0.15) is 5.26 Å². The summed E-state index contributed by atoms with van der Waals surface area (Å²) in [4.78, 5) is 26.0. The van der Waals surface area contributed by atoms with E-state index in [-0.39, 0.29) is 16.8 Å². The highest BCUT2D eigenvalue weighted by atomic mass is 35.5. The first kappa shape index (κ1) is 23.6. The minimum atomic E-state index is -0.678. The molecule has 0 saturated heterocycles. The minimum Gasteiger partial charge on any atom is -0.457 e. The number of halogens is 1. The summed E-state index contributed by atoms with van der Waals surface area (Å²) in [5, 5.41) is 12.8. The normalized spacial score (nSPS) is 11.1. The predicted octanol–water partition coefficient (Wildman–Crippen LogP) is 5.48. The van der Waals surface area contributed by atoms with Crippen molar-refractivity contribution in [3.05, 3.63) is 111 Å². The van der Waals surface area contributed by atoms with Gasteiger partial charge in [0.2, 0.25) is 0 Å². The fraction of sp³-hybridized carbons (Fsp3) is 0.0741. The fourth-order valence-corrected chi connectivity index (χ4v) is 3.64. The maximum atomic E-state index is 13.1. The second kappa shape index (κ2) is 10.2. The third kappa shape index (κ3) is 5.18. The van der Waals surface area contributed by atoms with Crippen LogP contribution in [0.1, 0.15) is 11.3 Å². The Kier molecular flexibility index (Phi) is 6.86. The highest BCUT2D eigenvalue weighted by molar-refractivity contribution is 6.30. The highest BCUT2D eigenvalue weighted by Crippen LogP contribution is 2.25. The molecule has 0 aliphatic carbocycles. The molecule has 1 heterocycles. The van der Waals surface area contributed by atoms with Crippen molar-refractivity contribution in [3.8, 4) is 23.3 Å². The first-order chi connectivity index (χ1) is 16.9. The summed E-state index contributed by atoms with van der Waals surface area (Å²) in [6, 6.07) is 24.9. The number of hydrogen-bond acceptors (Lipinski definition) is 4. The number of rotatable bonds is 6. The number of nitrogens with one attached hydrogen (secondary N) is 1. The SMILES string of the molecule is Cc1c(NC(=O)/C(C#N)=C/c2cccc(Oc3ccc(Cl)cc3)c2)c(=O)n(-c2ccccc2)n1C. The van der Waals surface area contributed by atoms with Gasteiger partial charge in [0.15, 0.2) is 0 Å². The van der Waals surface area contributed by atoms with Crippen LogP contribution in [0.2, 0.25) is 5.02 Å². The van der Waals surface area contributed by atoms with Gasteiger partial charge in [0.1, 0.15) is 28.8 Å². The molecule has 0 fully saturated rings. The van der Waals surface area contributed by atoms with Crippen LogP contribution in [0.4, 0.5) is 5.69 Å².